The van der Waals surface area contributed by atoms with Gasteiger partial charge in [0.2, 0.25) is 11.7 Å². The highest BCUT2D eigenvalue weighted by Crippen LogP contribution is 2.44. The van der Waals surface area contributed by atoms with Gasteiger partial charge >= 0.3 is 0 Å². The molecule has 1 amide bonds. The number of fused-ring (bicyclic) bond motifs is 1. The number of thioether (sulfide) groups is 1. The van der Waals surface area contributed by atoms with Crippen LogP contribution in [0.3, 0.4) is 0 Å². The van der Waals surface area contributed by atoms with Gasteiger partial charge in [0.15, 0.2) is 15.6 Å². The Morgan fingerprint density at radius 3 is 2.79 bits per heavy atom. The van der Waals surface area contributed by atoms with Crippen molar-refractivity contribution in [3.05, 3.63) is 32.8 Å². The van der Waals surface area contributed by atoms with Crippen LogP contribution >= 0.6 is 39.0 Å². The van der Waals surface area contributed by atoms with E-state index in [1.54, 1.807) is 11.3 Å². The van der Waals surface area contributed by atoms with Gasteiger partial charge in [-0.15, -0.1) is 21.5 Å². The van der Waals surface area contributed by atoms with Crippen LogP contribution in [-0.2, 0) is 17.6 Å². The second kappa shape index (κ2) is 9.88. The van der Waals surface area contributed by atoms with Crippen molar-refractivity contribution in [1.82, 2.24) is 14.8 Å². The highest BCUT2D eigenvalue weighted by Gasteiger charge is 2.32. The van der Waals surface area contributed by atoms with Gasteiger partial charge in [-0.3, -0.25) is 9.36 Å². The summed E-state index contributed by atoms with van der Waals surface area (Å²) in [4.78, 5) is 14.1. The number of hydrogen-bond donors (Lipinski definition) is 1. The largest absolute Gasteiger partial charge is 0.446 e. The van der Waals surface area contributed by atoms with Gasteiger partial charge in [-0.05, 0) is 78.1 Å². The van der Waals surface area contributed by atoms with Crippen LogP contribution in [-0.4, -0.2) is 26.4 Å². The minimum atomic E-state index is -0.159. The molecule has 0 saturated heterocycles. The molecule has 4 rings (SSSR count). The van der Waals surface area contributed by atoms with Crippen LogP contribution in [0.25, 0.3) is 11.6 Å². The lowest BCUT2D eigenvalue weighted by molar-refractivity contribution is -0.113. The minimum absolute atomic E-state index is 0.0874. The summed E-state index contributed by atoms with van der Waals surface area (Å²) in [5.41, 5.74) is 1.97. The maximum Gasteiger partial charge on any atom is 0.235 e. The third-order valence-corrected chi connectivity index (χ3v) is 8.70. The van der Waals surface area contributed by atoms with Crippen LogP contribution in [0.2, 0.25) is 0 Å². The Labute approximate surface area is 216 Å². The Hall–Kier alpha value is -2.09. The van der Waals surface area contributed by atoms with Crippen molar-refractivity contribution >= 4 is 49.9 Å². The number of aromatic nitrogens is 3. The summed E-state index contributed by atoms with van der Waals surface area (Å²) >= 11 is 6.20. The summed E-state index contributed by atoms with van der Waals surface area (Å²) in [5, 5.41) is 22.7. The number of nitrogens with one attached hydrogen (secondary N) is 1. The molecule has 0 radical (unpaired) electrons. The first-order valence-corrected chi connectivity index (χ1v) is 13.9. The van der Waals surface area contributed by atoms with E-state index in [-0.39, 0.29) is 23.1 Å². The average Bonchev–Trinajstić information content (AvgIpc) is 3.46. The highest BCUT2D eigenvalue weighted by molar-refractivity contribution is 9.10. The van der Waals surface area contributed by atoms with Gasteiger partial charge in [-0.25, -0.2) is 0 Å². The molecular formula is C24H28BrN5O2S2. The molecule has 1 N–H and O–H groups in total. The first kappa shape index (κ1) is 25.0. The van der Waals surface area contributed by atoms with Crippen molar-refractivity contribution in [2.75, 3.05) is 11.1 Å². The smallest absolute Gasteiger partial charge is 0.235 e. The maximum absolute atomic E-state index is 12.8. The summed E-state index contributed by atoms with van der Waals surface area (Å²) in [6.45, 7) is 10.9. The molecule has 0 bridgehead atoms. The van der Waals surface area contributed by atoms with E-state index >= 15 is 0 Å². The summed E-state index contributed by atoms with van der Waals surface area (Å²) in [6, 6.07) is 6.06. The van der Waals surface area contributed by atoms with Gasteiger partial charge in [0, 0.05) is 10.9 Å². The molecular weight excluding hydrogens is 534 g/mol. The molecule has 0 saturated carbocycles. The third-order valence-electron chi connectivity index (χ3n) is 6.16. The molecule has 1 unspecified atom stereocenters. The fourth-order valence-corrected chi connectivity index (χ4v) is 6.74. The third kappa shape index (κ3) is 5.11. The van der Waals surface area contributed by atoms with Gasteiger partial charge in [0.05, 0.1) is 11.3 Å². The van der Waals surface area contributed by atoms with Crippen molar-refractivity contribution in [1.29, 1.82) is 5.26 Å². The zero-order valence-electron chi connectivity index (χ0n) is 19.9. The van der Waals surface area contributed by atoms with Crippen LogP contribution in [0, 0.1) is 22.7 Å². The lowest BCUT2D eigenvalue weighted by Gasteiger charge is -2.33. The van der Waals surface area contributed by atoms with Crippen LogP contribution in [0.1, 0.15) is 63.1 Å². The van der Waals surface area contributed by atoms with E-state index in [1.807, 2.05) is 30.5 Å². The predicted octanol–water partition coefficient (Wildman–Crippen LogP) is 6.70. The fourth-order valence-electron chi connectivity index (χ4n) is 4.27. The first-order chi connectivity index (χ1) is 16.1. The zero-order valence-corrected chi connectivity index (χ0v) is 23.2. The lowest BCUT2D eigenvalue weighted by atomic mass is 9.72. The molecule has 7 nitrogen and oxygen atoms in total. The van der Waals surface area contributed by atoms with Crippen molar-refractivity contribution in [2.24, 2.45) is 11.3 Å². The van der Waals surface area contributed by atoms with Crippen LogP contribution in [0.4, 0.5) is 5.00 Å². The van der Waals surface area contributed by atoms with Gasteiger partial charge < -0.3 is 9.73 Å². The molecule has 3 heterocycles. The SMILES string of the molecule is CC(C)n1c(SCC(=O)Nc2sc3c(c2C#N)CCC(C(C)(C)C)C3)nnc1-c1ccc(Br)o1. The standard InChI is InChI=1S/C24H28BrN5O2S2/c1-13(2)30-21(17-8-9-19(25)32-17)28-29-23(30)33-12-20(31)27-22-16(11-26)15-7-6-14(24(3,4)5)10-18(15)34-22/h8-9,13-14H,6-7,10,12H2,1-5H3,(H,27,31). The number of anilines is 1. The molecule has 0 fully saturated rings. The number of rotatable bonds is 6. The predicted molar refractivity (Wildman–Crippen MR) is 139 cm³/mol. The van der Waals surface area contributed by atoms with E-state index in [9.17, 15) is 10.1 Å². The monoisotopic (exact) mass is 561 g/mol. The molecule has 0 aromatic carbocycles. The number of thiophene rings is 1. The Bertz CT molecular complexity index is 1250. The van der Waals surface area contributed by atoms with Crippen LogP contribution in [0.15, 0.2) is 26.4 Å². The second-order valence-electron chi connectivity index (χ2n) is 9.84. The number of furan rings is 1. The molecule has 1 atom stereocenters. The van der Waals surface area contributed by atoms with Gasteiger partial charge in [0.1, 0.15) is 11.1 Å². The van der Waals surface area contributed by atoms with Crippen molar-refractivity contribution in [3.63, 3.8) is 0 Å². The molecule has 34 heavy (non-hydrogen) atoms. The second-order valence-corrected chi connectivity index (χ2v) is 12.7. The maximum atomic E-state index is 12.8. The molecule has 180 valence electrons. The highest BCUT2D eigenvalue weighted by atomic mass is 79.9. The molecule has 10 heteroatoms. The lowest BCUT2D eigenvalue weighted by Crippen LogP contribution is -2.26. The molecule has 3 aromatic heterocycles. The van der Waals surface area contributed by atoms with E-state index in [1.165, 1.54) is 16.6 Å². The number of amides is 1. The number of halogens is 1. The number of hydrogen-bond acceptors (Lipinski definition) is 7. The van der Waals surface area contributed by atoms with Crippen LogP contribution in [0.5, 0.6) is 0 Å². The topological polar surface area (TPSA) is 96.7 Å². The Morgan fingerprint density at radius 2 is 2.18 bits per heavy atom. The fraction of sp³-hybridized carbons (Fsp3) is 0.500. The van der Waals surface area contributed by atoms with Crippen molar-refractivity contribution < 1.29 is 9.21 Å². The Morgan fingerprint density at radius 1 is 1.41 bits per heavy atom. The van der Waals surface area contributed by atoms with E-state index in [2.05, 4.69) is 58.3 Å². The summed E-state index contributed by atoms with van der Waals surface area (Å²) in [6.07, 6.45) is 2.93. The van der Waals surface area contributed by atoms with Gasteiger partial charge in [-0.2, -0.15) is 5.26 Å². The van der Waals surface area contributed by atoms with E-state index in [0.29, 0.717) is 37.9 Å². The summed E-state index contributed by atoms with van der Waals surface area (Å²) in [5.74, 6) is 1.82. The van der Waals surface area contributed by atoms with E-state index < -0.39 is 0 Å². The summed E-state index contributed by atoms with van der Waals surface area (Å²) in [7, 11) is 0. The Balaban J connectivity index is 1.47. The first-order valence-electron chi connectivity index (χ1n) is 11.3. The number of nitrogens with zero attached hydrogens (tertiary/aromatic N) is 4. The van der Waals surface area contributed by atoms with Crippen molar-refractivity contribution in [2.45, 2.75) is 65.1 Å². The van der Waals surface area contributed by atoms with Crippen molar-refractivity contribution in [3.8, 4) is 17.7 Å². The van der Waals surface area contributed by atoms with Crippen LogP contribution < -0.4 is 5.32 Å². The minimum Gasteiger partial charge on any atom is -0.446 e. The van der Waals surface area contributed by atoms with E-state index in [4.69, 9.17) is 4.42 Å². The number of nitriles is 1. The molecule has 1 aliphatic rings. The zero-order chi connectivity index (χ0) is 24.6. The molecule has 0 aliphatic heterocycles. The number of carbonyl (C=O) groups excluding carboxylic acids is 1. The normalized spacial score (nSPS) is 15.9. The summed E-state index contributed by atoms with van der Waals surface area (Å²) < 4.78 is 8.23. The molecule has 1 aliphatic carbocycles. The van der Waals surface area contributed by atoms with Gasteiger partial charge in [0.25, 0.3) is 0 Å². The Kier molecular flexibility index (Phi) is 7.27. The number of carbonyl (C=O) groups is 1. The van der Waals surface area contributed by atoms with Gasteiger partial charge in [-0.1, -0.05) is 32.5 Å². The average molecular weight is 563 g/mol. The molecule has 0 spiro atoms. The van der Waals surface area contributed by atoms with E-state index in [0.717, 1.165) is 24.8 Å². The quantitative estimate of drug-likeness (QED) is 0.336. The molecule has 3 aromatic rings.